The minimum Gasteiger partial charge on any atom is -0.481 e. The summed E-state index contributed by atoms with van der Waals surface area (Å²) in [6.07, 6.45) is 1.27. The monoisotopic (exact) mass is 264 g/mol. The summed E-state index contributed by atoms with van der Waals surface area (Å²) in [6.45, 7) is 1.64. The maximum absolute atomic E-state index is 11.7. The third-order valence-electron chi connectivity index (χ3n) is 2.93. The van der Waals surface area contributed by atoms with Gasteiger partial charge in [0.05, 0.1) is 12.0 Å². The van der Waals surface area contributed by atoms with Gasteiger partial charge in [0, 0.05) is 6.54 Å². The Labute approximate surface area is 112 Å². The number of nitrogens with one attached hydrogen (secondary N) is 1. The number of hydrogen-bond acceptors (Lipinski definition) is 3. The largest absolute Gasteiger partial charge is 0.481 e. The van der Waals surface area contributed by atoms with Gasteiger partial charge in [0.2, 0.25) is 5.91 Å². The maximum atomic E-state index is 11.7. The molecule has 0 bridgehead atoms. The number of carboxylic acid groups (broad SMARTS) is 1. The normalized spacial score (nSPS) is 13.6. The van der Waals surface area contributed by atoms with Gasteiger partial charge in [-0.25, -0.2) is 0 Å². The topological polar surface area (TPSA) is 92.4 Å². The molecule has 0 saturated heterocycles. The van der Waals surface area contributed by atoms with Crippen LogP contribution in [0.2, 0.25) is 0 Å². The van der Waals surface area contributed by atoms with E-state index in [2.05, 4.69) is 5.32 Å². The molecule has 1 unspecified atom stereocenters. The van der Waals surface area contributed by atoms with Crippen LogP contribution >= 0.6 is 0 Å². The van der Waals surface area contributed by atoms with Gasteiger partial charge < -0.3 is 16.2 Å². The van der Waals surface area contributed by atoms with Gasteiger partial charge in [0.15, 0.2) is 0 Å². The minimum atomic E-state index is -0.932. The second-order valence-electron chi connectivity index (χ2n) is 4.62. The molecule has 2 atom stereocenters. The number of carbonyl (C=O) groups excluding carboxylic acids is 1. The smallest absolute Gasteiger partial charge is 0.308 e. The van der Waals surface area contributed by atoms with Gasteiger partial charge >= 0.3 is 5.97 Å². The van der Waals surface area contributed by atoms with Crippen molar-refractivity contribution in [3.63, 3.8) is 0 Å². The van der Waals surface area contributed by atoms with Crippen LogP contribution in [0.15, 0.2) is 30.3 Å². The van der Waals surface area contributed by atoms with Crippen molar-refractivity contribution in [2.75, 3.05) is 6.54 Å². The lowest BCUT2D eigenvalue weighted by Crippen LogP contribution is -2.43. The van der Waals surface area contributed by atoms with Crippen molar-refractivity contribution in [1.29, 1.82) is 0 Å². The molecule has 0 aliphatic carbocycles. The van der Waals surface area contributed by atoms with E-state index in [1.54, 1.807) is 0 Å². The van der Waals surface area contributed by atoms with Crippen LogP contribution in [0.25, 0.3) is 0 Å². The van der Waals surface area contributed by atoms with E-state index in [1.165, 1.54) is 6.92 Å². The van der Waals surface area contributed by atoms with Crippen molar-refractivity contribution >= 4 is 11.9 Å². The first-order valence-corrected chi connectivity index (χ1v) is 6.30. The second-order valence-corrected chi connectivity index (χ2v) is 4.62. The molecule has 5 heteroatoms. The number of aryl methyl sites for hydroxylation is 1. The lowest BCUT2D eigenvalue weighted by molar-refractivity contribution is -0.141. The van der Waals surface area contributed by atoms with Gasteiger partial charge in [-0.1, -0.05) is 37.3 Å². The summed E-state index contributed by atoms with van der Waals surface area (Å²) in [7, 11) is 0. The van der Waals surface area contributed by atoms with Crippen LogP contribution < -0.4 is 11.1 Å². The number of carboxylic acids is 1. The number of amides is 1. The summed E-state index contributed by atoms with van der Waals surface area (Å²) in [5.74, 6) is -1.84. The summed E-state index contributed by atoms with van der Waals surface area (Å²) >= 11 is 0. The molecule has 5 nitrogen and oxygen atoms in total. The van der Waals surface area contributed by atoms with Gasteiger partial charge in [-0.15, -0.1) is 0 Å². The van der Waals surface area contributed by atoms with E-state index in [9.17, 15) is 9.59 Å². The zero-order valence-electron chi connectivity index (χ0n) is 11.0. The van der Waals surface area contributed by atoms with E-state index < -0.39 is 17.9 Å². The third kappa shape index (κ3) is 5.52. The molecular formula is C14H20N2O3. The molecule has 4 N–H and O–H groups in total. The predicted octanol–water partition coefficient (Wildman–Crippen LogP) is 0.783. The molecule has 1 amide bonds. The molecule has 1 rings (SSSR count). The first-order chi connectivity index (χ1) is 9.00. The average molecular weight is 264 g/mol. The highest BCUT2D eigenvalue weighted by atomic mass is 16.4. The van der Waals surface area contributed by atoms with Crippen LogP contribution in [-0.2, 0) is 16.0 Å². The van der Waals surface area contributed by atoms with Gasteiger partial charge in [-0.05, 0) is 18.4 Å². The van der Waals surface area contributed by atoms with Crippen LogP contribution in [0, 0.1) is 5.92 Å². The Balaban J connectivity index is 2.31. The zero-order chi connectivity index (χ0) is 14.3. The van der Waals surface area contributed by atoms with Crippen molar-refractivity contribution in [3.05, 3.63) is 35.9 Å². The quantitative estimate of drug-likeness (QED) is 0.678. The Morgan fingerprint density at radius 3 is 2.53 bits per heavy atom. The first-order valence-electron chi connectivity index (χ1n) is 6.30. The predicted molar refractivity (Wildman–Crippen MR) is 72.5 cm³/mol. The van der Waals surface area contributed by atoms with Crippen LogP contribution in [-0.4, -0.2) is 29.6 Å². The molecular weight excluding hydrogens is 244 g/mol. The number of aliphatic carboxylic acids is 1. The van der Waals surface area contributed by atoms with Crippen LogP contribution in [0.4, 0.5) is 0 Å². The van der Waals surface area contributed by atoms with Crippen LogP contribution in [0.5, 0.6) is 0 Å². The summed E-state index contributed by atoms with van der Waals surface area (Å²) in [5, 5.41) is 11.3. The molecule has 0 aliphatic heterocycles. The van der Waals surface area contributed by atoms with Gasteiger partial charge in [0.1, 0.15) is 0 Å². The Bertz CT molecular complexity index is 420. The Hall–Kier alpha value is -1.88. The number of nitrogens with two attached hydrogens (primary N) is 1. The molecule has 0 spiro atoms. The standard InChI is InChI=1S/C14H20N2O3/c1-10(14(18)19)9-16-13(17)12(15)8-7-11-5-3-2-4-6-11/h2-6,10,12H,7-9,15H2,1H3,(H,16,17)(H,18,19)/t10?,12-/m0/s1. The van der Waals surface area contributed by atoms with Gasteiger partial charge in [-0.3, -0.25) is 9.59 Å². The summed E-state index contributed by atoms with van der Waals surface area (Å²) in [5.41, 5.74) is 6.90. The fraction of sp³-hybridized carbons (Fsp3) is 0.429. The van der Waals surface area contributed by atoms with Gasteiger partial charge in [0.25, 0.3) is 0 Å². The molecule has 1 aromatic rings. The molecule has 0 aliphatic rings. The first kappa shape index (κ1) is 15.2. The Kier molecular flexibility index (Phi) is 6.02. The molecule has 0 saturated carbocycles. The minimum absolute atomic E-state index is 0.104. The number of hydrogen-bond donors (Lipinski definition) is 3. The number of benzene rings is 1. The summed E-state index contributed by atoms with van der Waals surface area (Å²) in [4.78, 5) is 22.3. The number of carbonyl (C=O) groups is 2. The van der Waals surface area contributed by atoms with Crippen LogP contribution in [0.3, 0.4) is 0 Å². The van der Waals surface area contributed by atoms with E-state index in [0.29, 0.717) is 6.42 Å². The summed E-state index contributed by atoms with van der Waals surface area (Å²) < 4.78 is 0. The Morgan fingerprint density at radius 1 is 1.32 bits per heavy atom. The lowest BCUT2D eigenvalue weighted by Gasteiger charge is -2.13. The molecule has 0 aromatic heterocycles. The molecule has 0 fully saturated rings. The third-order valence-corrected chi connectivity index (χ3v) is 2.93. The van der Waals surface area contributed by atoms with E-state index >= 15 is 0 Å². The zero-order valence-corrected chi connectivity index (χ0v) is 11.0. The van der Waals surface area contributed by atoms with E-state index in [-0.39, 0.29) is 12.5 Å². The molecule has 1 aromatic carbocycles. The fourth-order valence-electron chi connectivity index (χ4n) is 1.57. The average Bonchev–Trinajstić information content (AvgIpc) is 2.42. The van der Waals surface area contributed by atoms with E-state index in [0.717, 1.165) is 12.0 Å². The van der Waals surface area contributed by atoms with Crippen LogP contribution in [0.1, 0.15) is 18.9 Å². The van der Waals surface area contributed by atoms with E-state index in [1.807, 2.05) is 30.3 Å². The van der Waals surface area contributed by atoms with Gasteiger partial charge in [-0.2, -0.15) is 0 Å². The van der Waals surface area contributed by atoms with Crippen molar-refractivity contribution in [3.8, 4) is 0 Å². The number of rotatable bonds is 7. The SMILES string of the molecule is CC(CNC(=O)[C@@H](N)CCc1ccccc1)C(=O)O. The van der Waals surface area contributed by atoms with E-state index in [4.69, 9.17) is 10.8 Å². The molecule has 104 valence electrons. The molecule has 0 heterocycles. The summed E-state index contributed by atoms with van der Waals surface area (Å²) in [6, 6.07) is 9.17. The van der Waals surface area contributed by atoms with Crippen molar-refractivity contribution in [1.82, 2.24) is 5.32 Å². The molecule has 19 heavy (non-hydrogen) atoms. The van der Waals surface area contributed by atoms with Crippen molar-refractivity contribution in [2.24, 2.45) is 11.7 Å². The second kappa shape index (κ2) is 7.53. The lowest BCUT2D eigenvalue weighted by atomic mass is 10.1. The van der Waals surface area contributed by atoms with Crippen molar-refractivity contribution < 1.29 is 14.7 Å². The maximum Gasteiger partial charge on any atom is 0.308 e. The van der Waals surface area contributed by atoms with Crippen molar-refractivity contribution in [2.45, 2.75) is 25.8 Å². The highest BCUT2D eigenvalue weighted by molar-refractivity contribution is 5.82. The Morgan fingerprint density at radius 2 is 1.95 bits per heavy atom. The fourth-order valence-corrected chi connectivity index (χ4v) is 1.57. The highest BCUT2D eigenvalue weighted by Crippen LogP contribution is 2.04. The highest BCUT2D eigenvalue weighted by Gasteiger charge is 2.16. The molecule has 0 radical (unpaired) electrons.